The van der Waals surface area contributed by atoms with Gasteiger partial charge in [-0.05, 0) is 42.0 Å². The zero-order valence-corrected chi connectivity index (χ0v) is 18.2. The third-order valence-corrected chi connectivity index (χ3v) is 5.40. The number of H-pyrrole nitrogens is 1. The number of rotatable bonds is 3. The van der Waals surface area contributed by atoms with Crippen molar-refractivity contribution in [3.05, 3.63) is 86.8 Å². The maximum atomic E-state index is 15.5. The van der Waals surface area contributed by atoms with Crippen molar-refractivity contribution in [1.82, 2.24) is 14.9 Å². The van der Waals surface area contributed by atoms with E-state index in [1.54, 1.807) is 0 Å². The van der Waals surface area contributed by atoms with Crippen LogP contribution < -0.4 is 5.43 Å². The second-order valence-electron chi connectivity index (χ2n) is 7.45. The third-order valence-electron chi connectivity index (χ3n) is 5.07. The summed E-state index contributed by atoms with van der Waals surface area (Å²) in [7, 11) is 3.06. The van der Waals surface area contributed by atoms with Gasteiger partial charge in [-0.3, -0.25) is 14.6 Å². The van der Waals surface area contributed by atoms with E-state index in [-0.39, 0.29) is 32.9 Å². The van der Waals surface area contributed by atoms with Gasteiger partial charge in [-0.15, -0.1) is 0 Å². The molecule has 2 aromatic carbocycles. The first-order valence-electron chi connectivity index (χ1n) is 9.64. The summed E-state index contributed by atoms with van der Waals surface area (Å²) in [5.74, 6) is -2.43. The molecule has 1 amide bonds. The van der Waals surface area contributed by atoms with Crippen LogP contribution in [0.25, 0.3) is 33.3 Å². The van der Waals surface area contributed by atoms with E-state index in [9.17, 15) is 9.59 Å². The van der Waals surface area contributed by atoms with Crippen LogP contribution >= 0.6 is 11.6 Å². The minimum absolute atomic E-state index is 0.00710. The van der Waals surface area contributed by atoms with Crippen LogP contribution in [0.2, 0.25) is 5.02 Å². The highest BCUT2D eigenvalue weighted by atomic mass is 35.5. The molecule has 0 saturated carbocycles. The summed E-state index contributed by atoms with van der Waals surface area (Å²) in [4.78, 5) is 33.1. The average Bonchev–Trinajstić information content (AvgIpc) is 2.78. The van der Waals surface area contributed by atoms with Crippen molar-refractivity contribution in [2.75, 3.05) is 14.1 Å². The van der Waals surface area contributed by atoms with Crippen molar-refractivity contribution >= 4 is 28.4 Å². The van der Waals surface area contributed by atoms with Gasteiger partial charge in [0.15, 0.2) is 5.43 Å². The molecule has 0 aliphatic carbocycles. The Morgan fingerprint density at radius 1 is 1.15 bits per heavy atom. The first-order valence-corrected chi connectivity index (χ1v) is 10.0. The van der Waals surface area contributed by atoms with Gasteiger partial charge < -0.3 is 9.88 Å². The molecule has 0 aliphatic heterocycles. The number of aromatic nitrogens is 2. The van der Waals surface area contributed by atoms with Crippen molar-refractivity contribution in [3.63, 3.8) is 0 Å². The van der Waals surface area contributed by atoms with Gasteiger partial charge in [0, 0.05) is 36.9 Å². The zero-order chi connectivity index (χ0) is 23.9. The van der Waals surface area contributed by atoms with Gasteiger partial charge in [-0.2, -0.15) is 5.26 Å². The highest BCUT2D eigenvalue weighted by molar-refractivity contribution is 6.33. The van der Waals surface area contributed by atoms with Crippen LogP contribution in [0, 0.1) is 23.0 Å². The lowest BCUT2D eigenvalue weighted by atomic mass is 10.00. The largest absolute Gasteiger partial charge is 0.354 e. The molecule has 0 unspecified atom stereocenters. The Labute approximate surface area is 191 Å². The number of nitriles is 1. The van der Waals surface area contributed by atoms with Gasteiger partial charge >= 0.3 is 0 Å². The number of fused-ring (bicyclic) bond motifs is 1. The quantitative estimate of drug-likeness (QED) is 0.473. The smallest absolute Gasteiger partial charge is 0.271 e. The molecule has 4 rings (SSSR count). The summed E-state index contributed by atoms with van der Waals surface area (Å²) in [5, 5.41) is 9.04. The number of amides is 1. The van der Waals surface area contributed by atoms with E-state index in [2.05, 4.69) is 9.97 Å². The maximum Gasteiger partial charge on any atom is 0.271 e. The Morgan fingerprint density at radius 2 is 1.91 bits per heavy atom. The second-order valence-corrected chi connectivity index (χ2v) is 7.86. The maximum absolute atomic E-state index is 15.5. The van der Waals surface area contributed by atoms with Crippen LogP contribution in [0.4, 0.5) is 8.78 Å². The fraction of sp³-hybridized carbons (Fsp3) is 0.0833. The molecule has 164 valence electrons. The van der Waals surface area contributed by atoms with Gasteiger partial charge in [0.25, 0.3) is 5.91 Å². The zero-order valence-electron chi connectivity index (χ0n) is 17.4. The second kappa shape index (κ2) is 8.45. The number of aromatic amines is 1. The van der Waals surface area contributed by atoms with E-state index >= 15 is 8.78 Å². The number of halogens is 3. The number of hydrogen-bond donors (Lipinski definition) is 1. The summed E-state index contributed by atoms with van der Waals surface area (Å²) in [6.07, 6.45) is 1.27. The molecule has 33 heavy (non-hydrogen) atoms. The van der Waals surface area contributed by atoms with E-state index in [1.807, 2.05) is 6.07 Å². The molecule has 2 aromatic heterocycles. The highest BCUT2D eigenvalue weighted by Crippen LogP contribution is 2.33. The van der Waals surface area contributed by atoms with Gasteiger partial charge in [0.2, 0.25) is 0 Å². The molecule has 0 atom stereocenters. The molecular formula is C24H15ClF2N4O2. The normalized spacial score (nSPS) is 10.8. The van der Waals surface area contributed by atoms with E-state index < -0.39 is 28.5 Å². The van der Waals surface area contributed by atoms with Gasteiger partial charge in [0.05, 0.1) is 33.8 Å². The molecule has 0 fully saturated rings. The minimum atomic E-state index is -1.07. The van der Waals surface area contributed by atoms with Crippen LogP contribution in [0.5, 0.6) is 0 Å². The van der Waals surface area contributed by atoms with Crippen molar-refractivity contribution in [1.29, 1.82) is 5.26 Å². The SMILES string of the molecule is CN(C)C(=O)c1cc(-c2c(F)cc3[nH]c(-c4cc(C#N)ccc4Cl)cc(=O)c3c2F)ccn1. The standard InChI is InChI=1S/C24H15ClF2N4O2/c1-31(2)24(33)19-8-13(5-6-29-19)21-16(26)9-18-22(23(21)27)20(32)10-17(30-18)14-7-12(11-28)3-4-15(14)25/h3-10H,1-2H3,(H,30,32). The third kappa shape index (κ3) is 3.95. The van der Waals surface area contributed by atoms with Gasteiger partial charge in [-0.25, -0.2) is 8.78 Å². The van der Waals surface area contributed by atoms with Crippen LogP contribution in [0.3, 0.4) is 0 Å². The molecule has 4 aromatic rings. The molecule has 9 heteroatoms. The van der Waals surface area contributed by atoms with Gasteiger partial charge in [0.1, 0.15) is 17.3 Å². The first-order chi connectivity index (χ1) is 15.7. The number of benzene rings is 2. The van der Waals surface area contributed by atoms with E-state index in [0.717, 1.165) is 12.1 Å². The van der Waals surface area contributed by atoms with Gasteiger partial charge in [-0.1, -0.05) is 11.6 Å². The predicted molar refractivity (Wildman–Crippen MR) is 121 cm³/mol. The molecule has 6 nitrogen and oxygen atoms in total. The Morgan fingerprint density at radius 3 is 2.61 bits per heavy atom. The molecule has 0 aliphatic rings. The summed E-state index contributed by atoms with van der Waals surface area (Å²) in [5.41, 5.74) is -0.273. The molecule has 2 heterocycles. The van der Waals surface area contributed by atoms with E-state index in [1.165, 1.54) is 55.5 Å². The fourth-order valence-electron chi connectivity index (χ4n) is 3.49. The lowest BCUT2D eigenvalue weighted by Crippen LogP contribution is -2.22. The number of hydrogen-bond acceptors (Lipinski definition) is 4. The number of nitrogens with zero attached hydrogens (tertiary/aromatic N) is 3. The van der Waals surface area contributed by atoms with Crippen molar-refractivity contribution in [2.24, 2.45) is 0 Å². The monoisotopic (exact) mass is 464 g/mol. The molecule has 1 N–H and O–H groups in total. The summed E-state index contributed by atoms with van der Waals surface area (Å²) >= 11 is 6.21. The first kappa shape index (κ1) is 22.1. The van der Waals surface area contributed by atoms with Crippen LogP contribution in [-0.4, -0.2) is 34.9 Å². The van der Waals surface area contributed by atoms with Crippen LogP contribution in [0.15, 0.2) is 53.5 Å². The number of pyridine rings is 2. The van der Waals surface area contributed by atoms with Crippen molar-refractivity contribution in [2.45, 2.75) is 0 Å². The highest BCUT2D eigenvalue weighted by Gasteiger charge is 2.21. The Balaban J connectivity index is 1.93. The molecular weight excluding hydrogens is 450 g/mol. The Bertz CT molecular complexity index is 1540. The Hall–Kier alpha value is -4.09. The Kier molecular flexibility index (Phi) is 5.66. The topological polar surface area (TPSA) is 89.9 Å². The fourth-order valence-corrected chi connectivity index (χ4v) is 3.71. The molecule has 0 spiro atoms. The summed E-state index contributed by atoms with van der Waals surface area (Å²) in [6, 6.07) is 11.2. The van der Waals surface area contributed by atoms with E-state index in [0.29, 0.717) is 11.1 Å². The number of nitrogens with one attached hydrogen (secondary N) is 1. The summed E-state index contributed by atoms with van der Waals surface area (Å²) < 4.78 is 30.5. The molecule has 0 bridgehead atoms. The number of carbonyl (C=O) groups is 1. The van der Waals surface area contributed by atoms with Crippen LogP contribution in [-0.2, 0) is 0 Å². The lowest BCUT2D eigenvalue weighted by Gasteiger charge is -2.13. The predicted octanol–water partition coefficient (Wildman–Crippen LogP) is 4.76. The van der Waals surface area contributed by atoms with Crippen molar-refractivity contribution < 1.29 is 13.6 Å². The minimum Gasteiger partial charge on any atom is -0.354 e. The van der Waals surface area contributed by atoms with Crippen LogP contribution in [0.1, 0.15) is 16.1 Å². The van der Waals surface area contributed by atoms with E-state index in [4.69, 9.17) is 16.9 Å². The van der Waals surface area contributed by atoms with Crippen molar-refractivity contribution in [3.8, 4) is 28.5 Å². The summed E-state index contributed by atoms with van der Waals surface area (Å²) in [6.45, 7) is 0. The average molecular weight is 465 g/mol. The molecule has 0 saturated heterocycles. The molecule has 0 radical (unpaired) electrons. The number of carbonyl (C=O) groups excluding carboxylic acids is 1. The lowest BCUT2D eigenvalue weighted by molar-refractivity contribution is 0.0822.